The van der Waals surface area contributed by atoms with Crippen molar-refractivity contribution in [2.24, 2.45) is 0 Å². The van der Waals surface area contributed by atoms with E-state index in [4.69, 9.17) is 0 Å². The molecule has 0 atom stereocenters. The normalized spacial score (nSPS) is 15.4. The molecule has 3 heterocycles. The van der Waals surface area contributed by atoms with Gasteiger partial charge in [-0.1, -0.05) is 0 Å². The fourth-order valence-corrected chi connectivity index (χ4v) is 3.35. The van der Waals surface area contributed by atoms with E-state index in [0.29, 0.717) is 18.7 Å². The molecule has 4 rings (SSSR count). The Morgan fingerprint density at radius 3 is 2.65 bits per heavy atom. The summed E-state index contributed by atoms with van der Waals surface area (Å²) in [6.07, 6.45) is 3.58. The number of aryl methyl sites for hydroxylation is 1. The number of benzene rings is 1. The maximum Gasteiger partial charge on any atom is 0.253 e. The van der Waals surface area contributed by atoms with Crippen LogP contribution in [0.2, 0.25) is 0 Å². The number of aromatic nitrogens is 3. The molecule has 1 aromatic carbocycles. The average molecular weight is 353 g/mol. The van der Waals surface area contributed by atoms with Crippen LogP contribution in [0.5, 0.6) is 0 Å². The highest BCUT2D eigenvalue weighted by molar-refractivity contribution is 5.94. The zero-order valence-electron chi connectivity index (χ0n) is 14.5. The lowest BCUT2D eigenvalue weighted by Gasteiger charge is -2.33. The largest absolute Gasteiger partial charge is 0.379 e. The molecule has 3 aromatic rings. The van der Waals surface area contributed by atoms with Gasteiger partial charge in [0.15, 0.2) is 5.65 Å². The fraction of sp³-hybridized carbons (Fsp3) is 0.316. The van der Waals surface area contributed by atoms with Crippen LogP contribution in [0.15, 0.2) is 42.6 Å². The molecular weight excluding hydrogens is 333 g/mol. The molecule has 26 heavy (non-hydrogen) atoms. The number of amides is 1. The van der Waals surface area contributed by atoms with E-state index in [-0.39, 0.29) is 17.8 Å². The summed E-state index contributed by atoms with van der Waals surface area (Å²) in [6, 6.07) is 9.93. The van der Waals surface area contributed by atoms with Crippen LogP contribution in [0.1, 0.15) is 29.0 Å². The predicted molar refractivity (Wildman–Crippen MR) is 96.7 cm³/mol. The van der Waals surface area contributed by atoms with Crippen molar-refractivity contribution in [3.05, 3.63) is 59.8 Å². The third-order valence-electron chi connectivity index (χ3n) is 4.70. The number of carbonyl (C=O) groups is 1. The fourth-order valence-electron chi connectivity index (χ4n) is 3.35. The van der Waals surface area contributed by atoms with Crippen molar-refractivity contribution >= 4 is 17.2 Å². The second-order valence-corrected chi connectivity index (χ2v) is 6.57. The summed E-state index contributed by atoms with van der Waals surface area (Å²) in [5.41, 5.74) is 2.30. The van der Waals surface area contributed by atoms with Crippen LogP contribution >= 0.6 is 0 Å². The number of likely N-dealkylation sites (tertiary alicyclic amines) is 1. The Morgan fingerprint density at radius 2 is 1.92 bits per heavy atom. The van der Waals surface area contributed by atoms with Gasteiger partial charge in [0.2, 0.25) is 0 Å². The van der Waals surface area contributed by atoms with Crippen LogP contribution in [0.4, 0.5) is 10.1 Å². The first-order valence-corrected chi connectivity index (χ1v) is 8.73. The first-order valence-electron chi connectivity index (χ1n) is 8.73. The van der Waals surface area contributed by atoms with Gasteiger partial charge in [-0.05, 0) is 56.2 Å². The molecular formula is C19H20FN5O. The second kappa shape index (κ2) is 6.74. The SMILES string of the molecule is Cc1nc2c(NC3CCN(C(=O)c4ccc(F)cc4)CC3)cccn2n1. The summed E-state index contributed by atoms with van der Waals surface area (Å²) in [6.45, 7) is 3.21. The molecule has 1 aliphatic rings. The van der Waals surface area contributed by atoms with E-state index in [2.05, 4.69) is 15.4 Å². The van der Waals surface area contributed by atoms with E-state index in [1.165, 1.54) is 24.3 Å². The van der Waals surface area contributed by atoms with E-state index in [1.54, 1.807) is 4.52 Å². The van der Waals surface area contributed by atoms with Gasteiger partial charge in [-0.3, -0.25) is 4.79 Å². The number of nitrogens with zero attached hydrogens (tertiary/aromatic N) is 4. The first kappa shape index (κ1) is 16.5. The predicted octanol–water partition coefficient (Wildman–Crippen LogP) is 2.89. The van der Waals surface area contributed by atoms with Gasteiger partial charge in [0, 0.05) is 30.9 Å². The Bertz CT molecular complexity index is 929. The van der Waals surface area contributed by atoms with Crippen LogP contribution < -0.4 is 5.32 Å². The van der Waals surface area contributed by atoms with Gasteiger partial charge >= 0.3 is 0 Å². The maximum atomic E-state index is 13.0. The Morgan fingerprint density at radius 1 is 1.19 bits per heavy atom. The van der Waals surface area contributed by atoms with Gasteiger partial charge in [0.05, 0.1) is 5.69 Å². The van der Waals surface area contributed by atoms with E-state index >= 15 is 0 Å². The number of pyridine rings is 1. The van der Waals surface area contributed by atoms with Gasteiger partial charge < -0.3 is 10.2 Å². The lowest BCUT2D eigenvalue weighted by molar-refractivity contribution is 0.0718. The Labute approximate surface area is 150 Å². The number of halogens is 1. The van der Waals surface area contributed by atoms with Crippen molar-refractivity contribution in [1.29, 1.82) is 0 Å². The van der Waals surface area contributed by atoms with Gasteiger partial charge in [0.25, 0.3) is 5.91 Å². The lowest BCUT2D eigenvalue weighted by atomic mass is 10.0. The molecule has 0 saturated carbocycles. The number of rotatable bonds is 3. The van der Waals surface area contributed by atoms with E-state index in [9.17, 15) is 9.18 Å². The van der Waals surface area contributed by atoms with Crippen molar-refractivity contribution in [3.8, 4) is 0 Å². The standard InChI is InChI=1S/C19H20FN5O/c1-13-21-18-17(3-2-10-25(18)23-13)22-16-8-11-24(12-9-16)19(26)14-4-6-15(20)7-5-14/h2-7,10,16,22H,8-9,11-12H2,1H3. The number of hydrogen-bond donors (Lipinski definition) is 1. The van der Waals surface area contributed by atoms with Crippen LogP contribution in [-0.2, 0) is 0 Å². The summed E-state index contributed by atoms with van der Waals surface area (Å²) in [4.78, 5) is 18.8. The highest BCUT2D eigenvalue weighted by atomic mass is 19.1. The Hall–Kier alpha value is -2.96. The molecule has 0 aliphatic carbocycles. The number of hydrogen-bond acceptors (Lipinski definition) is 4. The van der Waals surface area contributed by atoms with Crippen molar-refractivity contribution < 1.29 is 9.18 Å². The van der Waals surface area contributed by atoms with Gasteiger partial charge in [-0.15, -0.1) is 0 Å². The number of anilines is 1. The molecule has 134 valence electrons. The maximum absolute atomic E-state index is 13.0. The van der Waals surface area contributed by atoms with E-state index < -0.39 is 0 Å². The smallest absolute Gasteiger partial charge is 0.253 e. The number of nitrogens with one attached hydrogen (secondary N) is 1. The number of fused-ring (bicyclic) bond motifs is 1. The molecule has 0 spiro atoms. The van der Waals surface area contributed by atoms with Gasteiger partial charge in [0.1, 0.15) is 11.6 Å². The minimum Gasteiger partial charge on any atom is -0.379 e. The van der Waals surface area contributed by atoms with Crippen LogP contribution in [0.3, 0.4) is 0 Å². The van der Waals surface area contributed by atoms with Gasteiger partial charge in [-0.2, -0.15) is 5.10 Å². The molecule has 1 aliphatic heterocycles. The van der Waals surface area contributed by atoms with E-state index in [0.717, 1.165) is 30.0 Å². The minimum atomic E-state index is -0.331. The molecule has 1 N–H and O–H groups in total. The summed E-state index contributed by atoms with van der Waals surface area (Å²) in [5, 5.41) is 7.86. The topological polar surface area (TPSA) is 62.5 Å². The molecule has 6 nitrogen and oxygen atoms in total. The van der Waals surface area contributed by atoms with Gasteiger partial charge in [-0.25, -0.2) is 13.9 Å². The van der Waals surface area contributed by atoms with Crippen molar-refractivity contribution in [1.82, 2.24) is 19.5 Å². The van der Waals surface area contributed by atoms with E-state index in [1.807, 2.05) is 30.2 Å². The molecule has 7 heteroatoms. The highest BCUT2D eigenvalue weighted by Gasteiger charge is 2.24. The molecule has 0 unspecified atom stereocenters. The lowest BCUT2D eigenvalue weighted by Crippen LogP contribution is -2.42. The summed E-state index contributed by atoms with van der Waals surface area (Å²) in [5.74, 6) is 0.361. The summed E-state index contributed by atoms with van der Waals surface area (Å²) >= 11 is 0. The minimum absolute atomic E-state index is 0.0429. The first-order chi connectivity index (χ1) is 12.6. The molecule has 0 bridgehead atoms. The molecule has 1 amide bonds. The molecule has 1 saturated heterocycles. The number of piperidine rings is 1. The molecule has 1 fully saturated rings. The zero-order valence-corrected chi connectivity index (χ0v) is 14.5. The Kier molecular flexibility index (Phi) is 4.28. The van der Waals surface area contributed by atoms with Crippen LogP contribution in [-0.4, -0.2) is 44.5 Å². The summed E-state index contributed by atoms with van der Waals surface area (Å²) in [7, 11) is 0. The zero-order chi connectivity index (χ0) is 18.1. The highest BCUT2D eigenvalue weighted by Crippen LogP contribution is 2.21. The molecule has 0 radical (unpaired) electrons. The van der Waals surface area contributed by atoms with Crippen molar-refractivity contribution in [3.63, 3.8) is 0 Å². The second-order valence-electron chi connectivity index (χ2n) is 6.57. The Balaban J connectivity index is 1.40. The quantitative estimate of drug-likeness (QED) is 0.786. The third kappa shape index (κ3) is 3.24. The van der Waals surface area contributed by atoms with Crippen molar-refractivity contribution in [2.75, 3.05) is 18.4 Å². The average Bonchev–Trinajstić information content (AvgIpc) is 3.04. The monoisotopic (exact) mass is 353 g/mol. The number of carbonyl (C=O) groups excluding carboxylic acids is 1. The van der Waals surface area contributed by atoms with Crippen LogP contribution in [0, 0.1) is 12.7 Å². The van der Waals surface area contributed by atoms with Crippen LogP contribution in [0.25, 0.3) is 5.65 Å². The third-order valence-corrected chi connectivity index (χ3v) is 4.70. The molecule has 2 aromatic heterocycles. The summed E-state index contributed by atoms with van der Waals surface area (Å²) < 4.78 is 14.8. The van der Waals surface area contributed by atoms with Crippen molar-refractivity contribution in [2.45, 2.75) is 25.8 Å².